The average Bonchev–Trinajstić information content (AvgIpc) is 2.93. The molecule has 4 rings (SSSR count). The van der Waals surface area contributed by atoms with Gasteiger partial charge in [0.05, 0.1) is 29.1 Å². The zero-order chi connectivity index (χ0) is 28.7. The fraction of sp³-hybridized carbons (Fsp3) is 0.258. The first kappa shape index (κ1) is 29.6. The van der Waals surface area contributed by atoms with Gasteiger partial charge in [0.2, 0.25) is 0 Å². The predicted molar refractivity (Wildman–Crippen MR) is 157 cm³/mol. The van der Waals surface area contributed by atoms with Gasteiger partial charge in [-0.1, -0.05) is 72.8 Å². The summed E-state index contributed by atoms with van der Waals surface area (Å²) < 4.78 is 46.4. The Morgan fingerprint density at radius 1 is 1.10 bits per heavy atom. The van der Waals surface area contributed by atoms with Crippen LogP contribution in [0.1, 0.15) is 30.0 Å². The van der Waals surface area contributed by atoms with E-state index in [0.717, 1.165) is 22.9 Å². The van der Waals surface area contributed by atoms with E-state index in [4.69, 9.17) is 21.3 Å². The van der Waals surface area contributed by atoms with Gasteiger partial charge in [0.1, 0.15) is 5.75 Å². The van der Waals surface area contributed by atoms with E-state index in [1.807, 2.05) is 53.5 Å². The van der Waals surface area contributed by atoms with E-state index in [1.165, 1.54) is 29.5 Å². The Labute approximate surface area is 241 Å². The van der Waals surface area contributed by atoms with Crippen LogP contribution in [0.5, 0.6) is 5.75 Å². The van der Waals surface area contributed by atoms with E-state index in [9.17, 15) is 18.3 Å². The molecule has 0 fully saturated rings. The van der Waals surface area contributed by atoms with E-state index in [1.54, 1.807) is 13.2 Å². The Balaban J connectivity index is 1.80. The number of nitrogens with zero attached hydrogens (tertiary/aromatic N) is 2. The number of hydrogen-bond donors (Lipinski definition) is 1. The molecule has 0 saturated heterocycles. The Hall–Kier alpha value is -3.36. The summed E-state index contributed by atoms with van der Waals surface area (Å²) in [6.07, 6.45) is 2.23. The number of aliphatic imine (C=N–C) groups is 1. The Morgan fingerprint density at radius 2 is 1.88 bits per heavy atom. The van der Waals surface area contributed by atoms with E-state index < -0.39 is 11.7 Å². The summed E-state index contributed by atoms with van der Waals surface area (Å²) in [5, 5.41) is 10.3. The molecule has 0 heterocycles. The molecule has 1 aliphatic rings. The van der Waals surface area contributed by atoms with Gasteiger partial charge in [-0.3, -0.25) is 0 Å². The van der Waals surface area contributed by atoms with E-state index in [2.05, 4.69) is 19.1 Å². The topological polar surface area (TPSA) is 45.1 Å². The molecule has 9 heteroatoms. The van der Waals surface area contributed by atoms with Crippen molar-refractivity contribution in [2.75, 3.05) is 13.7 Å². The van der Waals surface area contributed by atoms with E-state index in [0.29, 0.717) is 30.4 Å². The minimum atomic E-state index is -4.61. The minimum Gasteiger partial charge on any atom is -0.512 e. The van der Waals surface area contributed by atoms with Crippen molar-refractivity contribution in [3.63, 3.8) is 0 Å². The molecule has 0 aliphatic heterocycles. The SMILES string of the molecule is CCc1cccc(CN(CC2C=CC=C(O)C2)C(=Nc2ccc(Cl)c(C(F)(F)F)c2)Sc2cccc(OC)c2)c1. The molecular formula is C31H30ClF3N2O2S. The first-order valence-electron chi connectivity index (χ1n) is 12.8. The second-order valence-corrected chi connectivity index (χ2v) is 10.8. The second-order valence-electron chi connectivity index (χ2n) is 9.40. The van der Waals surface area contributed by atoms with Crippen LogP contribution in [0.3, 0.4) is 0 Å². The molecule has 1 unspecified atom stereocenters. The van der Waals surface area contributed by atoms with Gasteiger partial charge in [0.25, 0.3) is 0 Å². The monoisotopic (exact) mass is 586 g/mol. The van der Waals surface area contributed by atoms with Crippen LogP contribution >= 0.6 is 23.4 Å². The first-order valence-corrected chi connectivity index (χ1v) is 14.0. The molecule has 0 radical (unpaired) electrons. The number of amidine groups is 1. The Bertz CT molecular complexity index is 1420. The van der Waals surface area contributed by atoms with Gasteiger partial charge in [-0.15, -0.1) is 0 Å². The number of aryl methyl sites for hydroxylation is 1. The smallest absolute Gasteiger partial charge is 0.417 e. The molecular weight excluding hydrogens is 557 g/mol. The lowest BCUT2D eigenvalue weighted by Gasteiger charge is -2.30. The fourth-order valence-corrected chi connectivity index (χ4v) is 5.53. The lowest BCUT2D eigenvalue weighted by molar-refractivity contribution is -0.137. The molecule has 0 spiro atoms. The van der Waals surface area contributed by atoms with Crippen LogP contribution in [-0.2, 0) is 19.1 Å². The van der Waals surface area contributed by atoms with Gasteiger partial charge < -0.3 is 14.7 Å². The summed E-state index contributed by atoms with van der Waals surface area (Å²) >= 11 is 7.22. The third kappa shape index (κ3) is 8.08. The number of methoxy groups -OCH3 is 1. The quantitative estimate of drug-likeness (QED) is 0.162. The van der Waals surface area contributed by atoms with Crippen LogP contribution < -0.4 is 4.74 Å². The van der Waals surface area contributed by atoms with Crippen molar-refractivity contribution in [1.29, 1.82) is 0 Å². The number of halogens is 4. The van der Waals surface area contributed by atoms with Crippen molar-refractivity contribution < 1.29 is 23.0 Å². The highest BCUT2D eigenvalue weighted by atomic mass is 35.5. The normalized spacial score (nSPS) is 15.6. The Morgan fingerprint density at radius 3 is 2.60 bits per heavy atom. The van der Waals surface area contributed by atoms with Gasteiger partial charge >= 0.3 is 6.18 Å². The molecule has 4 nitrogen and oxygen atoms in total. The lowest BCUT2D eigenvalue weighted by atomic mass is 9.98. The number of aliphatic hydroxyl groups excluding tert-OH is 1. The lowest BCUT2D eigenvalue weighted by Crippen LogP contribution is -2.33. The molecule has 1 N–H and O–H groups in total. The maximum absolute atomic E-state index is 13.7. The molecule has 3 aromatic rings. The highest BCUT2D eigenvalue weighted by molar-refractivity contribution is 8.13. The maximum atomic E-state index is 13.7. The van der Waals surface area contributed by atoms with Crippen molar-refractivity contribution >= 4 is 34.2 Å². The molecule has 1 atom stereocenters. The van der Waals surface area contributed by atoms with Crippen molar-refractivity contribution in [2.45, 2.75) is 37.4 Å². The first-order chi connectivity index (χ1) is 19.1. The summed E-state index contributed by atoms with van der Waals surface area (Å²) in [7, 11) is 1.58. The molecule has 1 aliphatic carbocycles. The number of aliphatic hydroxyl groups is 1. The molecule has 0 amide bonds. The van der Waals surface area contributed by atoms with Crippen LogP contribution in [0, 0.1) is 5.92 Å². The number of hydrogen-bond acceptors (Lipinski definition) is 4. The summed E-state index contributed by atoms with van der Waals surface area (Å²) in [5.74, 6) is 0.918. The third-order valence-corrected chi connectivity index (χ3v) is 7.72. The van der Waals surface area contributed by atoms with Crippen molar-refractivity contribution in [1.82, 2.24) is 4.90 Å². The van der Waals surface area contributed by atoms with Gasteiger partial charge in [-0.25, -0.2) is 4.99 Å². The maximum Gasteiger partial charge on any atom is 0.417 e. The summed E-state index contributed by atoms with van der Waals surface area (Å²) in [6, 6.07) is 19.3. The molecule has 40 heavy (non-hydrogen) atoms. The number of ether oxygens (including phenoxy) is 1. The zero-order valence-electron chi connectivity index (χ0n) is 22.2. The summed E-state index contributed by atoms with van der Waals surface area (Å²) in [6.45, 7) is 3.04. The second kappa shape index (κ2) is 13.3. The summed E-state index contributed by atoms with van der Waals surface area (Å²) in [5.41, 5.74) is 1.43. The van der Waals surface area contributed by atoms with Crippen LogP contribution in [0.4, 0.5) is 18.9 Å². The standard InChI is InChI=1S/C31H30ClF3N2O2S/c1-3-21-7-4-8-22(15-21)19-37(20-23-9-5-10-25(38)16-23)30(40-27-12-6-11-26(18-27)39-2)36-24-13-14-29(32)28(17-24)31(33,34)35/h4-15,17-18,23,38H,3,16,19-20H2,1-2H3. The van der Waals surface area contributed by atoms with Gasteiger partial charge in [0.15, 0.2) is 5.17 Å². The molecule has 0 saturated carbocycles. The number of thioether (sulfide) groups is 1. The van der Waals surface area contributed by atoms with Crippen LogP contribution in [0.25, 0.3) is 0 Å². The molecule has 0 bridgehead atoms. The molecule has 210 valence electrons. The zero-order valence-corrected chi connectivity index (χ0v) is 23.7. The summed E-state index contributed by atoms with van der Waals surface area (Å²) in [4.78, 5) is 7.62. The van der Waals surface area contributed by atoms with Gasteiger partial charge in [-0.05, 0) is 60.0 Å². The van der Waals surface area contributed by atoms with Crippen molar-refractivity contribution in [3.8, 4) is 5.75 Å². The largest absolute Gasteiger partial charge is 0.512 e. The highest BCUT2D eigenvalue weighted by Gasteiger charge is 2.33. The van der Waals surface area contributed by atoms with E-state index in [-0.39, 0.29) is 22.4 Å². The fourth-order valence-electron chi connectivity index (χ4n) is 4.35. The molecule has 0 aromatic heterocycles. The van der Waals surface area contributed by atoms with E-state index >= 15 is 0 Å². The number of allylic oxidation sites excluding steroid dienone is 3. The van der Waals surface area contributed by atoms with Crippen LogP contribution in [0.15, 0.2) is 101 Å². The number of rotatable bonds is 8. The third-order valence-electron chi connectivity index (χ3n) is 6.37. The number of alkyl halides is 3. The number of benzene rings is 3. The molecule has 3 aromatic carbocycles. The van der Waals surface area contributed by atoms with Gasteiger partial charge in [0, 0.05) is 30.3 Å². The van der Waals surface area contributed by atoms with Crippen LogP contribution in [-0.4, -0.2) is 28.8 Å². The minimum absolute atomic E-state index is 0.0218. The van der Waals surface area contributed by atoms with Crippen molar-refractivity contribution in [2.24, 2.45) is 10.9 Å². The van der Waals surface area contributed by atoms with Crippen molar-refractivity contribution in [3.05, 3.63) is 112 Å². The Kier molecular flexibility index (Phi) is 9.87. The average molecular weight is 587 g/mol. The van der Waals surface area contributed by atoms with Gasteiger partial charge in [-0.2, -0.15) is 13.2 Å². The van der Waals surface area contributed by atoms with Crippen LogP contribution in [0.2, 0.25) is 5.02 Å². The predicted octanol–water partition coefficient (Wildman–Crippen LogP) is 9.23. The highest BCUT2D eigenvalue weighted by Crippen LogP contribution is 2.38.